The molecule has 0 spiro atoms. The number of fused-ring (bicyclic) bond motifs is 2. The van der Waals surface area contributed by atoms with Crippen LogP contribution < -0.4 is 20.1 Å². The van der Waals surface area contributed by atoms with E-state index in [0.717, 1.165) is 17.0 Å². The van der Waals surface area contributed by atoms with E-state index >= 15 is 0 Å². The van der Waals surface area contributed by atoms with Gasteiger partial charge in [-0.1, -0.05) is 6.07 Å². The second-order valence-corrected chi connectivity index (χ2v) is 5.65. The Morgan fingerprint density at radius 1 is 1.23 bits per heavy atom. The normalized spacial score (nSPS) is 11.7. The molecule has 128 valence electrons. The molecule has 2 N–H and O–H groups in total. The van der Waals surface area contributed by atoms with Gasteiger partial charge in [0.25, 0.3) is 0 Å². The first kappa shape index (κ1) is 15.7. The van der Waals surface area contributed by atoms with Crippen LogP contribution in [0.1, 0.15) is 11.1 Å². The summed E-state index contributed by atoms with van der Waals surface area (Å²) >= 11 is 0. The molecule has 3 aromatic rings. The van der Waals surface area contributed by atoms with Gasteiger partial charge in [0.05, 0.1) is 18.7 Å². The summed E-state index contributed by atoms with van der Waals surface area (Å²) in [5.74, 6) is 2.48. The number of anilines is 3. The monoisotopic (exact) mass is 345 g/mol. The van der Waals surface area contributed by atoms with Crippen LogP contribution in [0.3, 0.4) is 0 Å². The predicted octanol–water partition coefficient (Wildman–Crippen LogP) is 3.82. The number of ether oxygens (including phenoxy) is 2. The van der Waals surface area contributed by atoms with Crippen molar-refractivity contribution < 1.29 is 9.47 Å². The zero-order valence-corrected chi connectivity index (χ0v) is 14.0. The summed E-state index contributed by atoms with van der Waals surface area (Å²) in [4.78, 5) is 8.55. The van der Waals surface area contributed by atoms with E-state index in [-0.39, 0.29) is 0 Å². The number of hydrogen-bond acceptors (Lipinski definition) is 7. The van der Waals surface area contributed by atoms with Gasteiger partial charge in [-0.2, -0.15) is 10.2 Å². The van der Waals surface area contributed by atoms with Gasteiger partial charge in [-0.15, -0.1) is 0 Å². The molecule has 2 aromatic carbocycles. The highest BCUT2D eigenvalue weighted by Crippen LogP contribution is 2.39. The molecule has 0 saturated heterocycles. The molecule has 0 bridgehead atoms. The van der Waals surface area contributed by atoms with Gasteiger partial charge in [0.1, 0.15) is 23.5 Å². The number of methoxy groups -OCH3 is 1. The molecule has 1 aliphatic rings. The number of nitriles is 1. The molecule has 1 aliphatic heterocycles. The molecule has 0 aliphatic carbocycles. The van der Waals surface area contributed by atoms with E-state index in [0.29, 0.717) is 35.2 Å². The maximum atomic E-state index is 9.05. The van der Waals surface area contributed by atoms with Crippen LogP contribution in [0.25, 0.3) is 0 Å². The van der Waals surface area contributed by atoms with Crippen LogP contribution in [0.5, 0.6) is 17.4 Å². The number of aromatic nitrogens is 2. The average Bonchev–Trinajstić information content (AvgIpc) is 2.87. The van der Waals surface area contributed by atoms with E-state index in [1.807, 2.05) is 30.3 Å². The van der Waals surface area contributed by atoms with Crippen molar-refractivity contribution in [3.05, 3.63) is 59.9 Å². The first-order valence-electron chi connectivity index (χ1n) is 7.97. The largest absolute Gasteiger partial charge is 0.497 e. The Bertz CT molecular complexity index is 1010. The zero-order valence-electron chi connectivity index (χ0n) is 14.0. The fourth-order valence-electron chi connectivity index (χ4n) is 2.71. The van der Waals surface area contributed by atoms with Crippen molar-refractivity contribution in [2.24, 2.45) is 0 Å². The summed E-state index contributed by atoms with van der Waals surface area (Å²) in [5, 5.41) is 15.6. The second-order valence-electron chi connectivity index (χ2n) is 5.65. The lowest BCUT2D eigenvalue weighted by Gasteiger charge is -2.12. The molecule has 1 aromatic heterocycles. The van der Waals surface area contributed by atoms with Gasteiger partial charge in [-0.3, -0.25) is 0 Å². The van der Waals surface area contributed by atoms with Crippen LogP contribution in [0.4, 0.5) is 17.2 Å². The minimum Gasteiger partial charge on any atom is -0.497 e. The average molecular weight is 345 g/mol. The van der Waals surface area contributed by atoms with Crippen LogP contribution in [0.2, 0.25) is 0 Å². The summed E-state index contributed by atoms with van der Waals surface area (Å²) in [7, 11) is 1.63. The fourth-order valence-corrected chi connectivity index (χ4v) is 2.71. The van der Waals surface area contributed by atoms with Crippen molar-refractivity contribution in [1.29, 1.82) is 5.26 Å². The maximum absolute atomic E-state index is 9.05. The first-order valence-corrected chi connectivity index (χ1v) is 7.97. The lowest BCUT2D eigenvalue weighted by atomic mass is 10.2. The van der Waals surface area contributed by atoms with Crippen LogP contribution in [0, 0.1) is 11.3 Å². The van der Waals surface area contributed by atoms with E-state index < -0.39 is 0 Å². The van der Waals surface area contributed by atoms with Gasteiger partial charge in [-0.05, 0) is 36.4 Å². The summed E-state index contributed by atoms with van der Waals surface area (Å²) < 4.78 is 11.2. The van der Waals surface area contributed by atoms with Crippen LogP contribution in [0.15, 0.2) is 48.8 Å². The van der Waals surface area contributed by atoms with Gasteiger partial charge in [-0.25, -0.2) is 4.98 Å². The Labute approximate surface area is 150 Å². The Kier molecular flexibility index (Phi) is 4.00. The zero-order chi connectivity index (χ0) is 17.9. The van der Waals surface area contributed by atoms with Crippen molar-refractivity contribution in [2.75, 3.05) is 17.7 Å². The van der Waals surface area contributed by atoms with Crippen molar-refractivity contribution in [1.82, 2.24) is 9.97 Å². The van der Waals surface area contributed by atoms with Crippen molar-refractivity contribution in [3.8, 4) is 23.4 Å². The van der Waals surface area contributed by atoms with Crippen LogP contribution in [-0.4, -0.2) is 17.1 Å². The number of rotatable bonds is 3. The quantitative estimate of drug-likeness (QED) is 0.745. The van der Waals surface area contributed by atoms with Gasteiger partial charge in [0.15, 0.2) is 5.82 Å². The summed E-state index contributed by atoms with van der Waals surface area (Å²) in [6, 6.07) is 14.9. The Hall–Kier alpha value is -3.79. The molecule has 0 fully saturated rings. The van der Waals surface area contributed by atoms with E-state index in [2.05, 4.69) is 26.7 Å². The fraction of sp³-hybridized carbons (Fsp3) is 0.105. The van der Waals surface area contributed by atoms with Crippen LogP contribution >= 0.6 is 0 Å². The summed E-state index contributed by atoms with van der Waals surface area (Å²) in [5.41, 5.74) is 2.94. The number of hydrogen-bond donors (Lipinski definition) is 2. The molecule has 0 atom stereocenters. The van der Waals surface area contributed by atoms with Crippen LogP contribution in [-0.2, 0) is 6.54 Å². The van der Waals surface area contributed by atoms with Gasteiger partial charge in [0.2, 0.25) is 5.88 Å². The molecule has 2 heterocycles. The third-order valence-corrected chi connectivity index (χ3v) is 4.00. The van der Waals surface area contributed by atoms with Crippen molar-refractivity contribution >= 4 is 17.2 Å². The molecule has 0 radical (unpaired) electrons. The highest BCUT2D eigenvalue weighted by Gasteiger charge is 2.20. The van der Waals surface area contributed by atoms with Gasteiger partial charge >= 0.3 is 0 Å². The highest BCUT2D eigenvalue weighted by atomic mass is 16.5. The van der Waals surface area contributed by atoms with Crippen molar-refractivity contribution in [2.45, 2.75) is 6.54 Å². The smallest absolute Gasteiger partial charge is 0.248 e. The van der Waals surface area contributed by atoms with E-state index in [4.69, 9.17) is 14.7 Å². The Morgan fingerprint density at radius 2 is 2.15 bits per heavy atom. The van der Waals surface area contributed by atoms with Crippen molar-refractivity contribution in [3.63, 3.8) is 0 Å². The number of nitrogens with zero attached hydrogens (tertiary/aromatic N) is 3. The molecule has 0 saturated carbocycles. The Morgan fingerprint density at radius 3 is 3.00 bits per heavy atom. The SMILES string of the molecule is COc1ccc2c(c1)CNc1c(Nc3cccc(C#N)c3)ncnc1O2. The third kappa shape index (κ3) is 2.96. The highest BCUT2D eigenvalue weighted by molar-refractivity contribution is 5.76. The molecule has 0 amide bonds. The molecule has 7 heteroatoms. The number of nitrogens with one attached hydrogen (secondary N) is 2. The third-order valence-electron chi connectivity index (χ3n) is 4.00. The predicted molar refractivity (Wildman–Crippen MR) is 96.9 cm³/mol. The van der Waals surface area contributed by atoms with E-state index in [1.165, 1.54) is 6.33 Å². The van der Waals surface area contributed by atoms with E-state index in [9.17, 15) is 0 Å². The topological polar surface area (TPSA) is 92.1 Å². The number of benzene rings is 2. The molecule has 7 nitrogen and oxygen atoms in total. The lowest BCUT2D eigenvalue weighted by molar-refractivity contribution is 0.411. The van der Waals surface area contributed by atoms with E-state index in [1.54, 1.807) is 19.2 Å². The summed E-state index contributed by atoms with van der Waals surface area (Å²) in [6.45, 7) is 0.541. The van der Waals surface area contributed by atoms with Gasteiger partial charge < -0.3 is 20.1 Å². The Balaban J connectivity index is 1.67. The first-order chi connectivity index (χ1) is 12.8. The summed E-state index contributed by atoms with van der Waals surface area (Å²) in [6.07, 6.45) is 1.44. The van der Waals surface area contributed by atoms with Gasteiger partial charge in [0, 0.05) is 17.8 Å². The minimum atomic E-state index is 0.433. The standard InChI is InChI=1S/C19H15N5O2/c1-25-15-5-6-16-13(8-15)10-21-17-18(22-11-23-19(17)26-16)24-14-4-2-3-12(7-14)9-20/h2-8,11,21H,10H2,1H3,(H,22,23,24). The molecule has 26 heavy (non-hydrogen) atoms. The maximum Gasteiger partial charge on any atom is 0.248 e. The lowest BCUT2D eigenvalue weighted by Crippen LogP contribution is -2.04. The molecular formula is C19H15N5O2. The molecule has 4 rings (SSSR count). The second kappa shape index (κ2) is 6.61. The molecular weight excluding hydrogens is 330 g/mol. The molecule has 0 unspecified atom stereocenters. The minimum absolute atomic E-state index is 0.433.